The monoisotopic (exact) mass is 392 g/mol. The smallest absolute Gasteiger partial charge is 0.341 e. The Morgan fingerprint density at radius 2 is 2.08 bits per heavy atom. The van der Waals surface area contributed by atoms with Crippen LogP contribution in [0.25, 0.3) is 11.1 Å². The molecule has 0 atom stereocenters. The second kappa shape index (κ2) is 7.19. The predicted molar refractivity (Wildman–Crippen MR) is 89.3 cm³/mol. The number of nitrogens with one attached hydrogen (secondary N) is 1. The van der Waals surface area contributed by atoms with Crippen LogP contribution in [0.2, 0.25) is 0 Å². The summed E-state index contributed by atoms with van der Waals surface area (Å²) in [4.78, 5) is 25.4. The number of pyridine rings is 1. The Kier molecular flexibility index (Phi) is 5.26. The van der Waals surface area contributed by atoms with Gasteiger partial charge in [-0.05, 0) is 25.1 Å². The number of methoxy groups -OCH3 is 1. The summed E-state index contributed by atoms with van der Waals surface area (Å²) in [5, 5.41) is 18.2. The number of halogens is 1. The zero-order chi connectivity index (χ0) is 17.9. The minimum absolute atomic E-state index is 0.0964. The lowest BCUT2D eigenvalue weighted by atomic mass is 9.99. The van der Waals surface area contributed by atoms with Crippen LogP contribution >= 0.6 is 15.9 Å². The van der Waals surface area contributed by atoms with Crippen LogP contribution in [0.15, 0.2) is 27.5 Å². The number of nitriles is 1. The lowest BCUT2D eigenvalue weighted by Gasteiger charge is -2.16. The highest BCUT2D eigenvalue weighted by Crippen LogP contribution is 2.41. The van der Waals surface area contributed by atoms with Gasteiger partial charge in [-0.1, -0.05) is 15.9 Å². The summed E-state index contributed by atoms with van der Waals surface area (Å²) in [6.45, 7) is 1.09. The third-order valence-electron chi connectivity index (χ3n) is 3.15. The van der Waals surface area contributed by atoms with Crippen LogP contribution in [0, 0.1) is 18.3 Å². The first kappa shape index (κ1) is 17.6. The molecule has 0 saturated heterocycles. The van der Waals surface area contributed by atoms with E-state index < -0.39 is 18.1 Å². The van der Waals surface area contributed by atoms with Gasteiger partial charge in [-0.15, -0.1) is 0 Å². The van der Waals surface area contributed by atoms with Gasteiger partial charge in [0.05, 0.1) is 7.11 Å². The van der Waals surface area contributed by atoms with Gasteiger partial charge in [0, 0.05) is 21.3 Å². The molecule has 1 aromatic carbocycles. The van der Waals surface area contributed by atoms with E-state index in [1.165, 1.54) is 7.11 Å². The molecule has 2 rings (SSSR count). The van der Waals surface area contributed by atoms with Gasteiger partial charge in [0.1, 0.15) is 11.6 Å². The maximum absolute atomic E-state index is 12.0. The lowest BCUT2D eigenvalue weighted by molar-refractivity contribution is -0.139. The summed E-state index contributed by atoms with van der Waals surface area (Å²) in [5.41, 5.74) is 0.639. The maximum Gasteiger partial charge on any atom is 0.341 e. The summed E-state index contributed by atoms with van der Waals surface area (Å²) in [7, 11) is 1.41. The van der Waals surface area contributed by atoms with E-state index in [0.717, 1.165) is 0 Å². The Morgan fingerprint density at radius 1 is 1.38 bits per heavy atom. The summed E-state index contributed by atoms with van der Waals surface area (Å²) in [6, 6.07) is 6.72. The highest BCUT2D eigenvalue weighted by molar-refractivity contribution is 9.10. The number of carboxylic acid groups (broad SMARTS) is 1. The van der Waals surface area contributed by atoms with Gasteiger partial charge in [-0.25, -0.2) is 4.79 Å². The molecule has 7 nitrogen and oxygen atoms in total. The van der Waals surface area contributed by atoms with E-state index in [1.54, 1.807) is 25.1 Å². The molecule has 24 heavy (non-hydrogen) atoms. The van der Waals surface area contributed by atoms with Crippen molar-refractivity contribution >= 4 is 21.9 Å². The number of aromatic nitrogens is 1. The number of aromatic amines is 1. The molecule has 0 aliphatic heterocycles. The van der Waals surface area contributed by atoms with E-state index in [9.17, 15) is 14.9 Å². The highest BCUT2D eigenvalue weighted by Gasteiger charge is 2.20. The Labute approximate surface area is 145 Å². The Morgan fingerprint density at radius 3 is 2.67 bits per heavy atom. The number of nitrogens with zero attached hydrogens (tertiary/aromatic N) is 1. The van der Waals surface area contributed by atoms with Crippen LogP contribution < -0.4 is 15.0 Å². The molecule has 0 radical (unpaired) electrons. The molecule has 2 N–H and O–H groups in total. The van der Waals surface area contributed by atoms with E-state index in [4.69, 9.17) is 14.6 Å². The van der Waals surface area contributed by atoms with Crippen molar-refractivity contribution in [3.05, 3.63) is 44.3 Å². The van der Waals surface area contributed by atoms with Crippen LogP contribution in [0.3, 0.4) is 0 Å². The first-order valence-corrected chi connectivity index (χ1v) is 7.53. The minimum Gasteiger partial charge on any atom is -0.493 e. The molecule has 8 heteroatoms. The number of benzene rings is 1. The largest absolute Gasteiger partial charge is 0.493 e. The fourth-order valence-electron chi connectivity index (χ4n) is 2.22. The van der Waals surface area contributed by atoms with Crippen LogP contribution in [0.1, 0.15) is 11.3 Å². The first-order valence-electron chi connectivity index (χ1n) is 6.74. The van der Waals surface area contributed by atoms with Gasteiger partial charge < -0.3 is 19.6 Å². The van der Waals surface area contributed by atoms with Crippen LogP contribution in [-0.2, 0) is 4.79 Å². The molecular weight excluding hydrogens is 380 g/mol. The Bertz CT molecular complexity index is 899. The van der Waals surface area contributed by atoms with Gasteiger partial charge >= 0.3 is 5.97 Å². The fourth-order valence-corrected chi connectivity index (χ4v) is 2.65. The Hall–Kier alpha value is -2.79. The standard InChI is InChI=1S/C16H13BrN2O5/c1-8-3-10(12(6-18)16(22)19-8)11-4-9(17)5-13(23-2)15(11)24-7-14(20)21/h3-5H,7H2,1-2H3,(H,19,22)(H,20,21). The molecule has 0 fully saturated rings. The third kappa shape index (κ3) is 3.58. The maximum atomic E-state index is 12.0. The van der Waals surface area contributed by atoms with Crippen LogP contribution in [0.4, 0.5) is 0 Å². The van der Waals surface area contributed by atoms with Crippen molar-refractivity contribution in [1.29, 1.82) is 5.26 Å². The SMILES string of the molecule is COc1cc(Br)cc(-c2cc(C)[nH]c(=O)c2C#N)c1OCC(=O)O. The van der Waals surface area contributed by atoms with Crippen molar-refractivity contribution in [2.24, 2.45) is 0 Å². The number of hydrogen-bond acceptors (Lipinski definition) is 5. The van der Waals surface area contributed by atoms with Gasteiger partial charge in [0.15, 0.2) is 18.1 Å². The number of H-pyrrole nitrogens is 1. The topological polar surface area (TPSA) is 112 Å². The van der Waals surface area contributed by atoms with Gasteiger partial charge in [-0.3, -0.25) is 4.79 Å². The number of carboxylic acids is 1. The number of carbonyl (C=O) groups is 1. The zero-order valence-electron chi connectivity index (χ0n) is 12.8. The van der Waals surface area contributed by atoms with E-state index in [-0.39, 0.29) is 17.1 Å². The van der Waals surface area contributed by atoms with Crippen molar-refractivity contribution in [2.45, 2.75) is 6.92 Å². The second-order valence-electron chi connectivity index (χ2n) is 4.85. The molecule has 0 aliphatic rings. The Balaban J connectivity index is 2.79. The summed E-state index contributed by atoms with van der Waals surface area (Å²) >= 11 is 3.33. The van der Waals surface area contributed by atoms with E-state index in [1.807, 2.05) is 6.07 Å². The highest BCUT2D eigenvalue weighted by atomic mass is 79.9. The molecule has 124 valence electrons. The number of ether oxygens (including phenoxy) is 2. The van der Waals surface area contributed by atoms with Gasteiger partial charge in [0.25, 0.3) is 5.56 Å². The van der Waals surface area contributed by atoms with E-state index >= 15 is 0 Å². The number of aliphatic carboxylic acids is 1. The van der Waals surface area contributed by atoms with Crippen molar-refractivity contribution in [2.75, 3.05) is 13.7 Å². The molecule has 0 amide bonds. The van der Waals surface area contributed by atoms with Crippen molar-refractivity contribution in [3.8, 4) is 28.7 Å². The minimum atomic E-state index is -1.16. The normalized spacial score (nSPS) is 10.1. The average molecular weight is 393 g/mol. The summed E-state index contributed by atoms with van der Waals surface area (Å²) in [6.07, 6.45) is 0. The molecule has 0 saturated carbocycles. The average Bonchev–Trinajstić information content (AvgIpc) is 2.51. The molecule has 0 spiro atoms. The van der Waals surface area contributed by atoms with Crippen molar-refractivity contribution < 1.29 is 19.4 Å². The summed E-state index contributed by atoms with van der Waals surface area (Å²) in [5.74, 6) is -0.736. The number of rotatable bonds is 5. The van der Waals surface area contributed by atoms with Gasteiger partial charge in [-0.2, -0.15) is 5.26 Å². The van der Waals surface area contributed by atoms with E-state index in [2.05, 4.69) is 20.9 Å². The molecule has 0 aliphatic carbocycles. The fraction of sp³-hybridized carbons (Fsp3) is 0.188. The summed E-state index contributed by atoms with van der Waals surface area (Å²) < 4.78 is 11.2. The molecule has 1 aromatic heterocycles. The van der Waals surface area contributed by atoms with Crippen LogP contribution in [-0.4, -0.2) is 29.8 Å². The molecule has 2 aromatic rings. The van der Waals surface area contributed by atoms with E-state index in [0.29, 0.717) is 21.3 Å². The number of hydrogen-bond donors (Lipinski definition) is 2. The quantitative estimate of drug-likeness (QED) is 0.807. The zero-order valence-corrected chi connectivity index (χ0v) is 14.4. The predicted octanol–water partition coefficient (Wildman–Crippen LogP) is 2.46. The number of aryl methyl sites for hydroxylation is 1. The third-order valence-corrected chi connectivity index (χ3v) is 3.61. The second-order valence-corrected chi connectivity index (χ2v) is 5.76. The van der Waals surface area contributed by atoms with Crippen molar-refractivity contribution in [1.82, 2.24) is 4.98 Å². The molecule has 0 unspecified atom stereocenters. The van der Waals surface area contributed by atoms with Gasteiger partial charge in [0.2, 0.25) is 0 Å². The lowest BCUT2D eigenvalue weighted by Crippen LogP contribution is -2.14. The first-order chi connectivity index (χ1) is 11.4. The van der Waals surface area contributed by atoms with Crippen molar-refractivity contribution in [3.63, 3.8) is 0 Å². The molecule has 0 bridgehead atoms. The van der Waals surface area contributed by atoms with Crippen LogP contribution in [0.5, 0.6) is 11.5 Å². The molecule has 1 heterocycles. The molecular formula is C16H13BrN2O5.